The zero-order chi connectivity index (χ0) is 74.3. The Balaban J connectivity index is 0.000000141. The van der Waals surface area contributed by atoms with Crippen molar-refractivity contribution in [3.63, 3.8) is 0 Å². The molecule has 534 valence electrons. The molecular weight excluding hydrogens is 1350 g/mol. The molecule has 6 aromatic heterocycles. The van der Waals surface area contributed by atoms with Crippen molar-refractivity contribution in [2.75, 3.05) is 38.6 Å². The normalized spacial score (nSPS) is 14.0. The van der Waals surface area contributed by atoms with Gasteiger partial charge in [-0.2, -0.15) is 0 Å². The maximum Gasteiger partial charge on any atom is 0.338 e. The molecule has 0 spiro atoms. The smallest absolute Gasteiger partial charge is 0.338 e. The molecule has 3 amide bonds. The number of likely N-dealkylation sites (tertiary alicyclic amines) is 2. The number of aromatic nitrogens is 9. The SMILES string of the molecule is C=CC(=O)N1CCC[C@@H](n2c(=O)n(-c3ccc(Oc4cccc(C)c4F)cc3)c3cnccc32)C1.C=CC(=O)N1CC[C@@H](n2c(=O)n(-c3ccc(Oc4cccc(C)c4F)cc3)c3cnccc32)C1.C=CC(=O)Nc1cccc(-n2c(=O)n(-c3ccc(Oc4cccc(OC)c4)c(C)c3)c3cnccc32)c1. The third kappa shape index (κ3) is 14.5. The van der Waals surface area contributed by atoms with Crippen LogP contribution in [-0.4, -0.2) is 103 Å². The monoisotopic (exact) mass is 1420 g/mol. The third-order valence-electron chi connectivity index (χ3n) is 18.5. The van der Waals surface area contributed by atoms with Crippen molar-refractivity contribution in [2.45, 2.75) is 52.1 Å². The van der Waals surface area contributed by atoms with Crippen molar-refractivity contribution in [3.05, 3.63) is 305 Å². The average Bonchev–Trinajstić information content (AvgIpc) is 1.61. The molecule has 0 radical (unpaired) electrons. The Labute approximate surface area is 606 Å². The lowest BCUT2D eigenvalue weighted by molar-refractivity contribution is -0.127. The molecule has 2 aliphatic heterocycles. The second kappa shape index (κ2) is 31.0. The van der Waals surface area contributed by atoms with Crippen molar-refractivity contribution in [1.29, 1.82) is 0 Å². The Bertz CT molecular complexity index is 5740. The van der Waals surface area contributed by atoms with E-state index >= 15 is 0 Å². The molecule has 0 unspecified atom stereocenters. The number of rotatable bonds is 17. The Morgan fingerprint density at radius 2 is 0.915 bits per heavy atom. The number of imidazole rings is 3. The van der Waals surface area contributed by atoms with E-state index in [0.717, 1.165) is 29.4 Å². The van der Waals surface area contributed by atoms with Gasteiger partial charge >= 0.3 is 17.1 Å². The minimum atomic E-state index is -0.405. The predicted octanol–water partition coefficient (Wildman–Crippen LogP) is 14.6. The number of methoxy groups -OCH3 is 1. The highest BCUT2D eigenvalue weighted by Gasteiger charge is 2.31. The summed E-state index contributed by atoms with van der Waals surface area (Å²) in [7, 11) is 1.61. The lowest BCUT2D eigenvalue weighted by Crippen LogP contribution is -2.42. The summed E-state index contributed by atoms with van der Waals surface area (Å²) in [6, 6.07) is 48.9. The predicted molar refractivity (Wildman–Crippen MR) is 402 cm³/mol. The van der Waals surface area contributed by atoms with Crippen LogP contribution in [0.2, 0.25) is 0 Å². The maximum atomic E-state index is 14.3. The van der Waals surface area contributed by atoms with Gasteiger partial charge in [0.05, 0.1) is 93.6 Å². The standard InChI is InChI=1S/C29H24N4O4.C27H25FN4O3.C26H23FN4O3/c1-4-28(34)31-20-7-5-8-21(16-20)32-25-13-14-30-18-26(25)33(29(32)35)22-11-12-27(19(2)15-22)37-24-10-6-9-23(17-24)36-3;1-3-25(33)30-15-5-7-20(17-30)32-22-13-14-29-16-23(22)31(27(32)34)19-9-11-21(12-10-19)35-24-8-4-6-18(2)26(24)28;1-3-24(32)29-14-12-19(16-29)31-21-11-13-28-15-22(21)30(26(31)33)18-7-9-20(10-8-18)34-23-6-4-5-17(2)25(23)27/h4-18H,1H2,2-3H3,(H,31,34);3-4,6,8-14,16,20H,1,5,7,15,17H2,2H3;3-11,13,15,19H,1,12,14,16H2,2H3/t;20-;19-/m.11/s1. The van der Waals surface area contributed by atoms with E-state index in [1.165, 1.54) is 18.2 Å². The number of hydrogen-bond acceptors (Lipinski definition) is 13. The van der Waals surface area contributed by atoms with Gasteiger partial charge in [-0.15, -0.1) is 0 Å². The molecule has 22 nitrogen and oxygen atoms in total. The van der Waals surface area contributed by atoms with Gasteiger partial charge in [-0.25, -0.2) is 23.2 Å². The second-order valence-electron chi connectivity index (χ2n) is 25.2. The summed E-state index contributed by atoms with van der Waals surface area (Å²) in [5.74, 6) is 1.81. The summed E-state index contributed by atoms with van der Waals surface area (Å²) in [4.78, 5) is 93.2. The van der Waals surface area contributed by atoms with E-state index in [0.29, 0.717) is 123 Å². The van der Waals surface area contributed by atoms with Gasteiger partial charge in [-0.05, 0) is 202 Å². The first-order valence-electron chi connectivity index (χ1n) is 34.0. The average molecular weight is 1420 g/mol. The minimum absolute atomic E-state index is 0.131. The highest BCUT2D eigenvalue weighted by Crippen LogP contribution is 2.35. The number of piperidine rings is 1. The molecular formula is C82H72F2N12O10. The molecule has 8 heterocycles. The van der Waals surface area contributed by atoms with Crippen molar-refractivity contribution in [1.82, 2.24) is 52.2 Å². The molecule has 0 aliphatic carbocycles. The zero-order valence-corrected chi connectivity index (χ0v) is 58.3. The largest absolute Gasteiger partial charge is 0.497 e. The summed E-state index contributed by atoms with van der Waals surface area (Å²) in [6.45, 7) is 18.0. The van der Waals surface area contributed by atoms with Gasteiger partial charge in [0.1, 0.15) is 28.7 Å². The Kier molecular flexibility index (Phi) is 20.7. The number of nitrogens with one attached hydrogen (secondary N) is 1. The lowest BCUT2D eigenvalue weighted by atomic mass is 10.1. The van der Waals surface area contributed by atoms with E-state index in [1.54, 1.807) is 205 Å². The fourth-order valence-electron chi connectivity index (χ4n) is 13.2. The number of ether oxygens (including phenoxy) is 4. The van der Waals surface area contributed by atoms with E-state index in [9.17, 15) is 37.5 Å². The van der Waals surface area contributed by atoms with E-state index < -0.39 is 11.6 Å². The molecule has 15 rings (SSSR count). The highest BCUT2D eigenvalue weighted by atomic mass is 19.1. The molecule has 13 aromatic rings. The van der Waals surface area contributed by atoms with Crippen LogP contribution in [0.25, 0.3) is 55.8 Å². The first kappa shape index (κ1) is 70.9. The fourth-order valence-corrected chi connectivity index (χ4v) is 13.2. The van der Waals surface area contributed by atoms with Crippen LogP contribution < -0.4 is 41.3 Å². The summed E-state index contributed by atoms with van der Waals surface area (Å²) >= 11 is 0. The topological polar surface area (TPSA) is 226 Å². The van der Waals surface area contributed by atoms with E-state index in [-0.39, 0.29) is 58.4 Å². The molecule has 24 heteroatoms. The van der Waals surface area contributed by atoms with Gasteiger partial charge in [0.15, 0.2) is 23.1 Å². The molecule has 2 atom stereocenters. The van der Waals surface area contributed by atoms with Crippen LogP contribution in [0.15, 0.2) is 259 Å². The summed E-state index contributed by atoms with van der Waals surface area (Å²) in [5.41, 5.74) is 8.45. The summed E-state index contributed by atoms with van der Waals surface area (Å²) in [6.07, 6.45) is 16.0. The Morgan fingerprint density at radius 3 is 1.45 bits per heavy atom. The first-order chi connectivity index (χ1) is 51.4. The third-order valence-corrected chi connectivity index (χ3v) is 18.5. The van der Waals surface area contributed by atoms with Crippen LogP contribution in [0.1, 0.15) is 48.0 Å². The number of anilines is 1. The van der Waals surface area contributed by atoms with Gasteiger partial charge in [-0.3, -0.25) is 56.7 Å². The zero-order valence-electron chi connectivity index (χ0n) is 58.3. The Morgan fingerprint density at radius 1 is 0.453 bits per heavy atom. The fraction of sp³-hybridized carbons (Fsp3) is 0.159. The molecule has 106 heavy (non-hydrogen) atoms. The number of halogens is 2. The van der Waals surface area contributed by atoms with E-state index in [1.807, 2.05) is 67.6 Å². The van der Waals surface area contributed by atoms with Crippen LogP contribution in [0.4, 0.5) is 14.5 Å². The highest BCUT2D eigenvalue weighted by molar-refractivity contribution is 5.99. The van der Waals surface area contributed by atoms with Crippen molar-refractivity contribution >= 4 is 56.5 Å². The molecule has 0 bridgehead atoms. The summed E-state index contributed by atoms with van der Waals surface area (Å²) < 4.78 is 61.3. The quantitative estimate of drug-likeness (QED) is 0.0838. The van der Waals surface area contributed by atoms with Crippen molar-refractivity contribution in [3.8, 4) is 63.0 Å². The molecule has 1 N–H and O–H groups in total. The number of aryl methyl sites for hydroxylation is 3. The van der Waals surface area contributed by atoms with Gasteiger partial charge in [0.2, 0.25) is 17.7 Å². The number of pyridine rings is 3. The number of benzene rings is 7. The van der Waals surface area contributed by atoms with Crippen LogP contribution in [0.3, 0.4) is 0 Å². The van der Waals surface area contributed by atoms with Crippen LogP contribution >= 0.6 is 0 Å². The molecule has 0 saturated carbocycles. The molecule has 7 aromatic carbocycles. The van der Waals surface area contributed by atoms with Crippen LogP contribution in [-0.2, 0) is 14.4 Å². The molecule has 2 aliphatic rings. The molecule has 2 fully saturated rings. The van der Waals surface area contributed by atoms with Gasteiger partial charge in [0.25, 0.3) is 0 Å². The number of hydrogen-bond donors (Lipinski definition) is 1. The van der Waals surface area contributed by atoms with Gasteiger partial charge in [-0.1, -0.05) is 56.1 Å². The number of carbonyl (C=O) groups excluding carboxylic acids is 3. The number of fused-ring (bicyclic) bond motifs is 3. The first-order valence-corrected chi connectivity index (χ1v) is 34.0. The Hall–Kier alpha value is -13.5. The maximum absolute atomic E-state index is 14.3. The minimum Gasteiger partial charge on any atom is -0.497 e. The van der Waals surface area contributed by atoms with Crippen molar-refractivity contribution in [2.24, 2.45) is 0 Å². The second-order valence-corrected chi connectivity index (χ2v) is 25.2. The van der Waals surface area contributed by atoms with Crippen molar-refractivity contribution < 1.29 is 42.1 Å². The van der Waals surface area contributed by atoms with E-state index in [2.05, 4.69) is 40.0 Å². The van der Waals surface area contributed by atoms with Crippen LogP contribution in [0, 0.1) is 32.4 Å². The van der Waals surface area contributed by atoms with Gasteiger partial charge in [0, 0.05) is 56.5 Å². The lowest BCUT2D eigenvalue weighted by Gasteiger charge is -2.32. The van der Waals surface area contributed by atoms with Crippen LogP contribution in [0.5, 0.6) is 40.2 Å². The number of amides is 3. The van der Waals surface area contributed by atoms with E-state index in [4.69, 9.17) is 18.9 Å². The number of carbonyl (C=O) groups is 3. The molecule has 2 saturated heterocycles. The van der Waals surface area contributed by atoms with Gasteiger partial charge < -0.3 is 34.1 Å². The summed E-state index contributed by atoms with van der Waals surface area (Å²) in [5, 5.41) is 2.74. The number of nitrogens with zero attached hydrogens (tertiary/aromatic N) is 11.